The molecule has 1 amide bonds. The van der Waals surface area contributed by atoms with Crippen LogP contribution < -0.4 is 4.90 Å². The number of carbonyl (C=O) groups is 1. The summed E-state index contributed by atoms with van der Waals surface area (Å²) < 4.78 is 1.81. The fourth-order valence-corrected chi connectivity index (χ4v) is 3.68. The first-order valence-corrected chi connectivity index (χ1v) is 8.96. The summed E-state index contributed by atoms with van der Waals surface area (Å²) in [5.74, 6) is 0.636. The van der Waals surface area contributed by atoms with Crippen LogP contribution in [0.1, 0.15) is 31.2 Å². The average Bonchev–Trinajstić information content (AvgIpc) is 3.32. The first kappa shape index (κ1) is 15.9. The number of anilines is 1. The molecule has 4 nitrogen and oxygen atoms in total. The second-order valence-corrected chi connectivity index (χ2v) is 6.88. The lowest BCUT2D eigenvalue weighted by Crippen LogP contribution is -2.33. The van der Waals surface area contributed by atoms with Crippen molar-refractivity contribution in [1.82, 2.24) is 9.78 Å². The lowest BCUT2D eigenvalue weighted by atomic mass is 10.1. The molecule has 128 valence electrons. The third kappa shape index (κ3) is 2.93. The van der Waals surface area contributed by atoms with Gasteiger partial charge in [-0.3, -0.25) is 9.48 Å². The van der Waals surface area contributed by atoms with Gasteiger partial charge in [0.15, 0.2) is 0 Å². The molecule has 1 aliphatic carbocycles. The van der Waals surface area contributed by atoms with E-state index in [4.69, 9.17) is 0 Å². The Bertz CT molecular complexity index is 909. The van der Waals surface area contributed by atoms with Crippen molar-refractivity contribution in [1.29, 1.82) is 0 Å². The van der Waals surface area contributed by atoms with E-state index in [1.165, 1.54) is 10.9 Å². The maximum Gasteiger partial charge on any atom is 0.230 e. The summed E-state index contributed by atoms with van der Waals surface area (Å²) >= 11 is 0. The van der Waals surface area contributed by atoms with E-state index >= 15 is 0 Å². The number of benzene rings is 2. The third-order valence-electron chi connectivity index (χ3n) is 5.03. The van der Waals surface area contributed by atoms with E-state index in [-0.39, 0.29) is 11.8 Å². The van der Waals surface area contributed by atoms with Crippen LogP contribution in [0.2, 0.25) is 0 Å². The highest BCUT2D eigenvalue weighted by Crippen LogP contribution is 2.49. The Morgan fingerprint density at radius 3 is 2.80 bits per heavy atom. The van der Waals surface area contributed by atoms with Gasteiger partial charge in [-0.15, -0.1) is 0 Å². The van der Waals surface area contributed by atoms with Crippen LogP contribution in [-0.4, -0.2) is 22.2 Å². The van der Waals surface area contributed by atoms with Gasteiger partial charge < -0.3 is 4.90 Å². The normalized spacial score (nSPS) is 19.1. The number of nitrogens with zero attached hydrogens (tertiary/aromatic N) is 3. The van der Waals surface area contributed by atoms with Crippen molar-refractivity contribution in [2.45, 2.75) is 25.7 Å². The molecule has 4 heteroatoms. The second-order valence-electron chi connectivity index (χ2n) is 6.88. The molecule has 25 heavy (non-hydrogen) atoms. The molecule has 0 N–H and O–H groups in total. The monoisotopic (exact) mass is 333 g/mol. The molecule has 1 saturated carbocycles. The van der Waals surface area contributed by atoms with Crippen molar-refractivity contribution in [3.63, 3.8) is 0 Å². The van der Waals surface area contributed by atoms with Crippen LogP contribution >= 0.6 is 0 Å². The van der Waals surface area contributed by atoms with Gasteiger partial charge in [0.2, 0.25) is 5.91 Å². The first-order chi connectivity index (χ1) is 12.2. The summed E-state index contributed by atoms with van der Waals surface area (Å²) in [6.45, 7) is 2.88. The predicted molar refractivity (Wildman–Crippen MR) is 101 cm³/mol. The Morgan fingerprint density at radius 1 is 1.24 bits per heavy atom. The predicted octanol–water partition coefficient (Wildman–Crippen LogP) is 4.12. The minimum absolute atomic E-state index is 0.0784. The maximum absolute atomic E-state index is 13.2. The average molecular weight is 333 g/mol. The number of aromatic nitrogens is 2. The van der Waals surface area contributed by atoms with Crippen LogP contribution in [0.15, 0.2) is 54.9 Å². The summed E-state index contributed by atoms with van der Waals surface area (Å²) in [6, 6.07) is 14.5. The molecule has 1 heterocycles. The summed E-state index contributed by atoms with van der Waals surface area (Å²) in [6.07, 6.45) is 5.79. The molecule has 3 aromatic rings. The fourth-order valence-electron chi connectivity index (χ4n) is 3.68. The van der Waals surface area contributed by atoms with Gasteiger partial charge in [-0.05, 0) is 35.8 Å². The molecule has 0 spiro atoms. The zero-order valence-electron chi connectivity index (χ0n) is 14.7. The van der Waals surface area contributed by atoms with Crippen LogP contribution in [0, 0.1) is 5.92 Å². The zero-order valence-corrected chi connectivity index (χ0v) is 14.7. The molecule has 1 aliphatic rings. The minimum atomic E-state index is 0.0784. The maximum atomic E-state index is 13.2. The summed E-state index contributed by atoms with van der Waals surface area (Å²) in [4.78, 5) is 15.2. The molecule has 0 unspecified atom stereocenters. The molecule has 1 aromatic heterocycles. The highest BCUT2D eigenvalue weighted by Gasteiger charge is 2.46. The van der Waals surface area contributed by atoms with E-state index in [0.717, 1.165) is 30.5 Å². The van der Waals surface area contributed by atoms with Crippen LogP contribution in [0.5, 0.6) is 0 Å². The number of rotatable bonds is 5. The van der Waals surface area contributed by atoms with Gasteiger partial charge in [-0.2, -0.15) is 5.10 Å². The van der Waals surface area contributed by atoms with Gasteiger partial charge in [-0.1, -0.05) is 43.3 Å². The van der Waals surface area contributed by atoms with Crippen LogP contribution in [0.3, 0.4) is 0 Å². The number of fused-ring (bicyclic) bond motifs is 1. The van der Waals surface area contributed by atoms with Gasteiger partial charge in [0.1, 0.15) is 0 Å². The zero-order chi connectivity index (χ0) is 17.4. The van der Waals surface area contributed by atoms with Crippen LogP contribution in [-0.2, 0) is 11.8 Å². The standard InChI is InChI=1S/C21H23N3O/c1-3-11-24(20-10-6-8-15-7-4-5-9-17(15)20)21(25)19-12-18(19)16-13-22-23(2)14-16/h4-10,13-14,18-19H,3,11-12H2,1-2H3/t18-,19-/m0/s1. The van der Waals surface area contributed by atoms with Gasteiger partial charge in [0.25, 0.3) is 0 Å². The molecule has 1 fully saturated rings. The Morgan fingerprint density at radius 2 is 2.04 bits per heavy atom. The van der Waals surface area contributed by atoms with Crippen LogP contribution in [0.4, 0.5) is 5.69 Å². The van der Waals surface area contributed by atoms with Gasteiger partial charge in [0.05, 0.1) is 11.9 Å². The van der Waals surface area contributed by atoms with Crippen LogP contribution in [0.25, 0.3) is 10.8 Å². The molecule has 0 bridgehead atoms. The Balaban J connectivity index is 1.64. The molecule has 0 radical (unpaired) electrons. The Hall–Kier alpha value is -2.62. The van der Waals surface area contributed by atoms with Crippen molar-refractivity contribution in [3.8, 4) is 0 Å². The van der Waals surface area contributed by atoms with E-state index < -0.39 is 0 Å². The molecule has 0 saturated heterocycles. The van der Waals surface area contributed by atoms with E-state index in [2.05, 4.69) is 36.3 Å². The molecule has 2 aromatic carbocycles. The number of hydrogen-bond donors (Lipinski definition) is 0. The third-order valence-corrected chi connectivity index (χ3v) is 5.03. The Labute approximate surface area is 148 Å². The molecular formula is C21H23N3O. The summed E-state index contributed by atoms with van der Waals surface area (Å²) in [5.41, 5.74) is 2.21. The van der Waals surface area contributed by atoms with E-state index in [1.807, 2.05) is 47.2 Å². The Kier molecular flexibility index (Phi) is 4.04. The van der Waals surface area contributed by atoms with Crippen molar-refractivity contribution in [2.75, 3.05) is 11.4 Å². The summed E-state index contributed by atoms with van der Waals surface area (Å²) in [7, 11) is 1.92. The van der Waals surface area contributed by atoms with Gasteiger partial charge >= 0.3 is 0 Å². The molecular weight excluding hydrogens is 310 g/mol. The van der Waals surface area contributed by atoms with Gasteiger partial charge in [-0.25, -0.2) is 0 Å². The topological polar surface area (TPSA) is 38.1 Å². The fraction of sp³-hybridized carbons (Fsp3) is 0.333. The van der Waals surface area contributed by atoms with E-state index in [9.17, 15) is 4.79 Å². The summed E-state index contributed by atoms with van der Waals surface area (Å²) in [5, 5.41) is 6.56. The lowest BCUT2D eigenvalue weighted by molar-refractivity contribution is -0.119. The van der Waals surface area contributed by atoms with Crippen molar-refractivity contribution in [2.24, 2.45) is 13.0 Å². The smallest absolute Gasteiger partial charge is 0.230 e. The minimum Gasteiger partial charge on any atom is -0.312 e. The lowest BCUT2D eigenvalue weighted by Gasteiger charge is -2.24. The van der Waals surface area contributed by atoms with E-state index in [1.54, 1.807) is 0 Å². The molecule has 4 rings (SSSR count). The quantitative estimate of drug-likeness (QED) is 0.704. The van der Waals surface area contributed by atoms with Crippen molar-refractivity contribution >= 4 is 22.4 Å². The molecule has 0 aliphatic heterocycles. The highest BCUT2D eigenvalue weighted by molar-refractivity contribution is 6.05. The van der Waals surface area contributed by atoms with Crippen molar-refractivity contribution in [3.05, 3.63) is 60.4 Å². The van der Waals surface area contributed by atoms with Crippen molar-refractivity contribution < 1.29 is 4.79 Å². The number of hydrogen-bond acceptors (Lipinski definition) is 2. The van der Waals surface area contributed by atoms with E-state index in [0.29, 0.717) is 5.92 Å². The first-order valence-electron chi connectivity index (χ1n) is 8.96. The largest absolute Gasteiger partial charge is 0.312 e. The second kappa shape index (κ2) is 6.36. The number of amides is 1. The number of carbonyl (C=O) groups excluding carboxylic acids is 1. The highest BCUT2D eigenvalue weighted by atomic mass is 16.2. The molecule has 2 atom stereocenters. The van der Waals surface area contributed by atoms with Gasteiger partial charge in [0, 0.05) is 31.1 Å². The number of aryl methyl sites for hydroxylation is 1. The SMILES string of the molecule is CCCN(C(=O)[C@H]1C[C@H]1c1cnn(C)c1)c1cccc2ccccc12.